The molecule has 0 radical (unpaired) electrons. The molecule has 1 unspecified atom stereocenters. The zero-order chi connectivity index (χ0) is 21.5. The van der Waals surface area contributed by atoms with Gasteiger partial charge < -0.3 is 15.5 Å². The molecular formula is C24H29N3O3. The average molecular weight is 408 g/mol. The normalized spacial score (nSPS) is 16.2. The number of likely N-dealkylation sites (tertiary alicyclic amines) is 1. The summed E-state index contributed by atoms with van der Waals surface area (Å²) in [5, 5.41) is 5.81. The summed E-state index contributed by atoms with van der Waals surface area (Å²) >= 11 is 0. The van der Waals surface area contributed by atoms with Crippen LogP contribution in [0.4, 0.5) is 5.69 Å². The van der Waals surface area contributed by atoms with Gasteiger partial charge in [-0.2, -0.15) is 0 Å². The highest BCUT2D eigenvalue weighted by molar-refractivity contribution is 5.96. The van der Waals surface area contributed by atoms with E-state index in [-0.39, 0.29) is 29.6 Å². The third-order valence-corrected chi connectivity index (χ3v) is 5.31. The minimum Gasteiger partial charge on any atom is -0.352 e. The molecule has 1 fully saturated rings. The van der Waals surface area contributed by atoms with E-state index < -0.39 is 0 Å². The Hall–Kier alpha value is -3.15. The van der Waals surface area contributed by atoms with Gasteiger partial charge in [-0.25, -0.2) is 0 Å². The van der Waals surface area contributed by atoms with Gasteiger partial charge in [-0.05, 0) is 42.7 Å². The molecule has 6 nitrogen and oxygen atoms in total. The van der Waals surface area contributed by atoms with Gasteiger partial charge in [0.2, 0.25) is 11.8 Å². The molecule has 1 heterocycles. The molecule has 0 spiro atoms. The van der Waals surface area contributed by atoms with E-state index in [4.69, 9.17) is 0 Å². The van der Waals surface area contributed by atoms with Crippen LogP contribution >= 0.6 is 0 Å². The summed E-state index contributed by atoms with van der Waals surface area (Å²) in [5.74, 6) is -0.462. The molecule has 0 aliphatic carbocycles. The van der Waals surface area contributed by atoms with Crippen LogP contribution in [0.25, 0.3) is 0 Å². The minimum atomic E-state index is -0.198. The first-order valence-corrected chi connectivity index (χ1v) is 10.5. The lowest BCUT2D eigenvalue weighted by Gasteiger charge is -2.32. The van der Waals surface area contributed by atoms with Crippen LogP contribution in [0.1, 0.15) is 42.6 Å². The quantitative estimate of drug-likeness (QED) is 0.770. The number of hydrogen-bond donors (Lipinski definition) is 2. The van der Waals surface area contributed by atoms with Crippen LogP contribution < -0.4 is 10.6 Å². The van der Waals surface area contributed by atoms with Gasteiger partial charge in [0.1, 0.15) is 0 Å². The molecule has 1 saturated heterocycles. The van der Waals surface area contributed by atoms with E-state index in [9.17, 15) is 14.4 Å². The van der Waals surface area contributed by atoms with Crippen LogP contribution in [0.15, 0.2) is 54.6 Å². The monoisotopic (exact) mass is 407 g/mol. The smallest absolute Gasteiger partial charge is 0.253 e. The number of carbonyl (C=O) groups excluding carboxylic acids is 3. The molecule has 0 bridgehead atoms. The second-order valence-corrected chi connectivity index (χ2v) is 8.02. The number of piperidine rings is 1. The predicted molar refractivity (Wildman–Crippen MR) is 117 cm³/mol. The number of nitrogens with zero attached hydrogens (tertiary/aromatic N) is 1. The van der Waals surface area contributed by atoms with Gasteiger partial charge in [0.15, 0.2) is 0 Å². The third-order valence-electron chi connectivity index (χ3n) is 5.31. The third kappa shape index (κ3) is 5.69. The molecule has 1 aliphatic rings. The van der Waals surface area contributed by atoms with Crippen molar-refractivity contribution in [2.75, 3.05) is 18.4 Å². The summed E-state index contributed by atoms with van der Waals surface area (Å²) in [6.07, 6.45) is 1.59. The molecule has 2 N–H and O–H groups in total. The van der Waals surface area contributed by atoms with E-state index in [0.29, 0.717) is 30.9 Å². The summed E-state index contributed by atoms with van der Waals surface area (Å²) in [5.41, 5.74) is 2.28. The van der Waals surface area contributed by atoms with E-state index in [0.717, 1.165) is 18.4 Å². The van der Waals surface area contributed by atoms with E-state index in [1.807, 2.05) is 44.2 Å². The summed E-state index contributed by atoms with van der Waals surface area (Å²) in [7, 11) is 0. The van der Waals surface area contributed by atoms with Gasteiger partial charge in [0.25, 0.3) is 5.91 Å². The Morgan fingerprint density at radius 2 is 1.73 bits per heavy atom. The second-order valence-electron chi connectivity index (χ2n) is 8.02. The summed E-state index contributed by atoms with van der Waals surface area (Å²) in [6, 6.07) is 16.7. The van der Waals surface area contributed by atoms with Crippen LogP contribution in [-0.2, 0) is 16.1 Å². The predicted octanol–water partition coefficient (Wildman–Crippen LogP) is 3.45. The van der Waals surface area contributed by atoms with Crippen LogP contribution in [0.5, 0.6) is 0 Å². The van der Waals surface area contributed by atoms with Gasteiger partial charge in [-0.1, -0.05) is 44.2 Å². The Morgan fingerprint density at radius 1 is 1.03 bits per heavy atom. The Labute approximate surface area is 177 Å². The van der Waals surface area contributed by atoms with Gasteiger partial charge in [-0.15, -0.1) is 0 Å². The van der Waals surface area contributed by atoms with Crippen molar-refractivity contribution in [1.82, 2.24) is 10.2 Å². The zero-order valence-corrected chi connectivity index (χ0v) is 17.6. The highest BCUT2D eigenvalue weighted by Gasteiger charge is 2.28. The molecular weight excluding hydrogens is 378 g/mol. The fourth-order valence-corrected chi connectivity index (χ4v) is 3.47. The minimum absolute atomic E-state index is 0.0110. The van der Waals surface area contributed by atoms with Gasteiger partial charge in [0.05, 0.1) is 5.92 Å². The van der Waals surface area contributed by atoms with Crippen LogP contribution in [-0.4, -0.2) is 35.7 Å². The number of hydrogen-bond acceptors (Lipinski definition) is 3. The largest absolute Gasteiger partial charge is 0.352 e. The maximum Gasteiger partial charge on any atom is 0.253 e. The summed E-state index contributed by atoms with van der Waals surface area (Å²) in [6.45, 7) is 5.22. The van der Waals surface area contributed by atoms with E-state index >= 15 is 0 Å². The topological polar surface area (TPSA) is 78.5 Å². The van der Waals surface area contributed by atoms with Gasteiger partial charge in [-0.3, -0.25) is 14.4 Å². The lowest BCUT2D eigenvalue weighted by Crippen LogP contribution is -2.45. The van der Waals surface area contributed by atoms with Crippen molar-refractivity contribution >= 4 is 23.4 Å². The van der Waals surface area contributed by atoms with Crippen LogP contribution in [0.2, 0.25) is 0 Å². The molecule has 30 heavy (non-hydrogen) atoms. The van der Waals surface area contributed by atoms with Gasteiger partial charge in [0, 0.05) is 36.8 Å². The fourth-order valence-electron chi connectivity index (χ4n) is 3.47. The van der Waals surface area contributed by atoms with E-state index in [2.05, 4.69) is 10.6 Å². The first-order valence-electron chi connectivity index (χ1n) is 10.5. The lowest BCUT2D eigenvalue weighted by atomic mass is 9.96. The van der Waals surface area contributed by atoms with E-state index in [1.165, 1.54) is 0 Å². The number of carbonyl (C=O) groups is 3. The molecule has 2 aromatic rings. The van der Waals surface area contributed by atoms with Crippen molar-refractivity contribution in [2.24, 2.45) is 11.8 Å². The number of anilines is 1. The van der Waals surface area contributed by atoms with Crippen LogP contribution in [0, 0.1) is 11.8 Å². The van der Waals surface area contributed by atoms with Gasteiger partial charge >= 0.3 is 0 Å². The Balaban J connectivity index is 1.55. The molecule has 6 heteroatoms. The first kappa shape index (κ1) is 21.6. The molecule has 2 aromatic carbocycles. The lowest BCUT2D eigenvalue weighted by molar-refractivity contribution is -0.126. The molecule has 1 aliphatic heterocycles. The molecule has 0 saturated carbocycles. The fraction of sp³-hybridized carbons (Fsp3) is 0.375. The van der Waals surface area contributed by atoms with Crippen molar-refractivity contribution in [3.63, 3.8) is 0 Å². The second kappa shape index (κ2) is 10.1. The molecule has 0 aromatic heterocycles. The Morgan fingerprint density at radius 3 is 2.40 bits per heavy atom. The molecule has 3 amide bonds. The van der Waals surface area contributed by atoms with Crippen molar-refractivity contribution in [3.05, 3.63) is 65.7 Å². The Kier molecular flexibility index (Phi) is 7.22. The maximum atomic E-state index is 12.9. The number of amides is 3. The summed E-state index contributed by atoms with van der Waals surface area (Å²) < 4.78 is 0. The van der Waals surface area contributed by atoms with E-state index in [1.54, 1.807) is 29.2 Å². The average Bonchev–Trinajstić information content (AvgIpc) is 2.78. The van der Waals surface area contributed by atoms with Crippen molar-refractivity contribution < 1.29 is 14.4 Å². The SMILES string of the molecule is CC(C)C(=O)Nc1ccc(C(=O)N2CCCC(C(=O)NCc3ccccc3)C2)cc1. The Bertz CT molecular complexity index is 878. The van der Waals surface area contributed by atoms with Crippen molar-refractivity contribution in [3.8, 4) is 0 Å². The molecule has 1 atom stereocenters. The summed E-state index contributed by atoms with van der Waals surface area (Å²) in [4.78, 5) is 39.0. The highest BCUT2D eigenvalue weighted by atomic mass is 16.2. The van der Waals surface area contributed by atoms with Crippen molar-refractivity contribution in [1.29, 1.82) is 0 Å². The highest BCUT2D eigenvalue weighted by Crippen LogP contribution is 2.20. The number of nitrogens with one attached hydrogen (secondary N) is 2. The number of benzene rings is 2. The standard InChI is InChI=1S/C24H29N3O3/c1-17(2)22(28)26-21-12-10-19(11-13-21)24(30)27-14-6-9-20(16-27)23(29)25-15-18-7-4-3-5-8-18/h3-5,7-8,10-13,17,20H,6,9,14-16H2,1-2H3,(H,25,29)(H,26,28). The van der Waals surface area contributed by atoms with Crippen LogP contribution in [0.3, 0.4) is 0 Å². The number of rotatable bonds is 6. The maximum absolute atomic E-state index is 12.9. The molecule has 158 valence electrons. The van der Waals surface area contributed by atoms with Crippen molar-refractivity contribution in [2.45, 2.75) is 33.2 Å². The zero-order valence-electron chi connectivity index (χ0n) is 17.6. The first-order chi connectivity index (χ1) is 14.4. The molecule has 3 rings (SSSR count).